The van der Waals surface area contributed by atoms with Crippen LogP contribution in [0.25, 0.3) is 0 Å². The molecule has 1 heterocycles. The summed E-state index contributed by atoms with van der Waals surface area (Å²) in [4.78, 5) is 34.7. The number of rotatable bonds is 2. The Balaban J connectivity index is 1.86. The molecule has 2 aromatic rings. The molecule has 108 valence electrons. The molecular formula is C13H10ClN3O4. The van der Waals surface area contributed by atoms with E-state index in [4.69, 9.17) is 16.0 Å². The minimum Gasteiger partial charge on any atom is -0.459 e. The van der Waals surface area contributed by atoms with Gasteiger partial charge in [-0.3, -0.25) is 20.3 Å². The molecule has 1 aromatic heterocycles. The second kappa shape index (κ2) is 6.58. The van der Waals surface area contributed by atoms with Crippen LogP contribution in [0, 0.1) is 0 Å². The number of furan rings is 1. The molecule has 0 aliphatic rings. The van der Waals surface area contributed by atoms with E-state index in [1.54, 1.807) is 12.1 Å². The molecule has 0 radical (unpaired) electrons. The summed E-state index contributed by atoms with van der Waals surface area (Å²) in [6.45, 7) is 0. The van der Waals surface area contributed by atoms with Crippen molar-refractivity contribution in [1.29, 1.82) is 0 Å². The van der Waals surface area contributed by atoms with Gasteiger partial charge in [0.1, 0.15) is 0 Å². The Morgan fingerprint density at radius 2 is 1.71 bits per heavy atom. The lowest BCUT2D eigenvalue weighted by Gasteiger charge is -2.07. The van der Waals surface area contributed by atoms with E-state index in [-0.39, 0.29) is 16.3 Å². The summed E-state index contributed by atoms with van der Waals surface area (Å²) in [5.41, 5.74) is 4.24. The van der Waals surface area contributed by atoms with E-state index in [9.17, 15) is 14.4 Å². The third-order valence-corrected chi connectivity index (χ3v) is 2.71. The van der Waals surface area contributed by atoms with Crippen LogP contribution in [0.4, 0.5) is 4.79 Å². The van der Waals surface area contributed by atoms with Crippen molar-refractivity contribution in [1.82, 2.24) is 16.2 Å². The van der Waals surface area contributed by atoms with Crippen LogP contribution >= 0.6 is 11.6 Å². The van der Waals surface area contributed by atoms with Gasteiger partial charge in [0, 0.05) is 0 Å². The monoisotopic (exact) mass is 307 g/mol. The van der Waals surface area contributed by atoms with Crippen LogP contribution in [0.3, 0.4) is 0 Å². The van der Waals surface area contributed by atoms with Gasteiger partial charge < -0.3 is 4.42 Å². The Kier molecular flexibility index (Phi) is 4.57. The Labute approximate surface area is 124 Å². The summed E-state index contributed by atoms with van der Waals surface area (Å²) in [6, 6.07) is 8.29. The van der Waals surface area contributed by atoms with Crippen molar-refractivity contribution >= 4 is 29.4 Å². The average Bonchev–Trinajstić information content (AvgIpc) is 2.99. The van der Waals surface area contributed by atoms with Crippen LogP contribution in [0.1, 0.15) is 20.9 Å². The lowest BCUT2D eigenvalue weighted by atomic mass is 10.2. The molecule has 0 fully saturated rings. The molecule has 2 rings (SSSR count). The van der Waals surface area contributed by atoms with Gasteiger partial charge in [-0.1, -0.05) is 23.7 Å². The van der Waals surface area contributed by atoms with Crippen LogP contribution in [0.5, 0.6) is 0 Å². The van der Waals surface area contributed by atoms with Gasteiger partial charge in [-0.15, -0.1) is 0 Å². The molecule has 0 atom stereocenters. The molecule has 0 spiro atoms. The van der Waals surface area contributed by atoms with Gasteiger partial charge in [-0.05, 0) is 24.3 Å². The van der Waals surface area contributed by atoms with Gasteiger partial charge in [0.05, 0.1) is 16.8 Å². The fraction of sp³-hybridized carbons (Fsp3) is 0. The largest absolute Gasteiger partial charge is 0.459 e. The van der Waals surface area contributed by atoms with Crippen molar-refractivity contribution in [3.63, 3.8) is 0 Å². The number of hydrogen-bond donors (Lipinski definition) is 3. The maximum absolute atomic E-state index is 11.8. The Bertz CT molecular complexity index is 670. The molecule has 0 saturated heterocycles. The number of hydrazine groups is 1. The Hall–Kier alpha value is -2.80. The summed E-state index contributed by atoms with van der Waals surface area (Å²) in [7, 11) is 0. The standard InChI is InChI=1S/C13H10ClN3O4/c14-9-5-2-1-4-8(9)11(18)15-13(20)17-16-12(19)10-6-3-7-21-10/h1-7H,(H,16,19)(H2,15,17,18,20). The minimum absolute atomic E-state index is 0.0210. The first-order valence-electron chi connectivity index (χ1n) is 5.77. The van der Waals surface area contributed by atoms with E-state index < -0.39 is 17.8 Å². The van der Waals surface area contributed by atoms with Crippen LogP contribution < -0.4 is 16.2 Å². The zero-order chi connectivity index (χ0) is 15.2. The molecule has 3 N–H and O–H groups in total. The van der Waals surface area contributed by atoms with Crippen molar-refractivity contribution in [3.8, 4) is 0 Å². The number of nitrogens with one attached hydrogen (secondary N) is 3. The molecule has 1 aromatic carbocycles. The van der Waals surface area contributed by atoms with Crippen LogP contribution in [0.15, 0.2) is 47.1 Å². The maximum atomic E-state index is 11.8. The second-order valence-electron chi connectivity index (χ2n) is 3.82. The highest BCUT2D eigenvalue weighted by Gasteiger charge is 2.14. The first-order chi connectivity index (χ1) is 10.1. The van der Waals surface area contributed by atoms with Gasteiger partial charge in [-0.2, -0.15) is 0 Å². The topological polar surface area (TPSA) is 100 Å². The molecule has 7 nitrogen and oxygen atoms in total. The summed E-state index contributed by atoms with van der Waals surface area (Å²) in [5.74, 6) is -1.32. The normalized spacial score (nSPS) is 9.76. The van der Waals surface area contributed by atoms with E-state index in [1.807, 2.05) is 10.7 Å². The van der Waals surface area contributed by atoms with Gasteiger partial charge in [0.2, 0.25) is 0 Å². The zero-order valence-corrected chi connectivity index (χ0v) is 11.3. The molecule has 0 unspecified atom stereocenters. The Morgan fingerprint density at radius 1 is 0.952 bits per heavy atom. The summed E-state index contributed by atoms with van der Waals surface area (Å²) < 4.78 is 4.83. The highest BCUT2D eigenvalue weighted by atomic mass is 35.5. The average molecular weight is 308 g/mol. The van der Waals surface area contributed by atoms with Crippen molar-refractivity contribution < 1.29 is 18.8 Å². The number of carbonyl (C=O) groups is 3. The van der Waals surface area contributed by atoms with Gasteiger partial charge in [0.25, 0.3) is 5.91 Å². The number of urea groups is 1. The van der Waals surface area contributed by atoms with Crippen LogP contribution in [0.2, 0.25) is 5.02 Å². The number of halogens is 1. The molecule has 8 heteroatoms. The smallest absolute Gasteiger partial charge is 0.340 e. The first kappa shape index (κ1) is 14.6. The van der Waals surface area contributed by atoms with E-state index in [2.05, 4.69) is 5.43 Å². The van der Waals surface area contributed by atoms with Crippen molar-refractivity contribution in [2.75, 3.05) is 0 Å². The van der Waals surface area contributed by atoms with E-state index in [1.165, 1.54) is 30.5 Å². The lowest BCUT2D eigenvalue weighted by Crippen LogP contribution is -2.48. The fourth-order valence-electron chi connectivity index (χ4n) is 1.43. The van der Waals surface area contributed by atoms with E-state index >= 15 is 0 Å². The predicted octanol–water partition coefficient (Wildman–Crippen LogP) is 1.72. The van der Waals surface area contributed by atoms with Gasteiger partial charge in [0.15, 0.2) is 5.76 Å². The summed E-state index contributed by atoms with van der Waals surface area (Å²) >= 11 is 5.82. The zero-order valence-electron chi connectivity index (χ0n) is 10.6. The third kappa shape index (κ3) is 3.83. The van der Waals surface area contributed by atoms with Gasteiger partial charge >= 0.3 is 11.9 Å². The van der Waals surface area contributed by atoms with Crippen LogP contribution in [-0.4, -0.2) is 17.8 Å². The van der Waals surface area contributed by atoms with Crippen LogP contribution in [-0.2, 0) is 0 Å². The fourth-order valence-corrected chi connectivity index (χ4v) is 1.65. The number of benzene rings is 1. The quantitative estimate of drug-likeness (QED) is 0.735. The SMILES string of the molecule is O=C(NNC(=O)c1ccco1)NC(=O)c1ccccc1Cl. The number of carbonyl (C=O) groups excluding carboxylic acids is 3. The number of hydrogen-bond acceptors (Lipinski definition) is 4. The summed E-state index contributed by atoms with van der Waals surface area (Å²) in [5, 5.41) is 2.23. The third-order valence-electron chi connectivity index (χ3n) is 2.38. The molecule has 0 bridgehead atoms. The number of imide groups is 1. The van der Waals surface area contributed by atoms with E-state index in [0.29, 0.717) is 0 Å². The molecular weight excluding hydrogens is 298 g/mol. The first-order valence-corrected chi connectivity index (χ1v) is 6.15. The Morgan fingerprint density at radius 3 is 2.38 bits per heavy atom. The molecule has 21 heavy (non-hydrogen) atoms. The maximum Gasteiger partial charge on any atom is 0.340 e. The van der Waals surface area contributed by atoms with Crippen molar-refractivity contribution in [2.45, 2.75) is 0 Å². The molecule has 0 saturated carbocycles. The molecule has 4 amide bonds. The highest BCUT2D eigenvalue weighted by Crippen LogP contribution is 2.14. The van der Waals surface area contributed by atoms with Crippen molar-refractivity contribution in [3.05, 3.63) is 59.0 Å². The highest BCUT2D eigenvalue weighted by molar-refractivity contribution is 6.34. The lowest BCUT2D eigenvalue weighted by molar-refractivity contribution is 0.0897. The molecule has 0 aliphatic heterocycles. The number of amides is 4. The van der Waals surface area contributed by atoms with E-state index in [0.717, 1.165) is 0 Å². The molecule has 0 aliphatic carbocycles. The second-order valence-corrected chi connectivity index (χ2v) is 4.23. The van der Waals surface area contributed by atoms with Gasteiger partial charge in [-0.25, -0.2) is 10.2 Å². The predicted molar refractivity (Wildman–Crippen MR) is 73.6 cm³/mol. The minimum atomic E-state index is -0.903. The summed E-state index contributed by atoms with van der Waals surface area (Å²) in [6.07, 6.45) is 1.32. The van der Waals surface area contributed by atoms with Crippen molar-refractivity contribution in [2.24, 2.45) is 0 Å².